The second-order valence-electron chi connectivity index (χ2n) is 4.41. The molecule has 2 rings (SSSR count). The standard InChI is InChI=1S/C16H10F3NO2/c1-22-15(21)10-6-7-13(14(8-10)16(17,18)19)12-5-3-2-4-11(12)9-20/h2-8H,1H3. The molecule has 0 aliphatic heterocycles. The Morgan fingerprint density at radius 1 is 1.14 bits per heavy atom. The zero-order valence-corrected chi connectivity index (χ0v) is 11.4. The summed E-state index contributed by atoms with van der Waals surface area (Å²) < 4.78 is 44.3. The first-order valence-corrected chi connectivity index (χ1v) is 6.17. The molecule has 0 spiro atoms. The molecule has 22 heavy (non-hydrogen) atoms. The quantitative estimate of drug-likeness (QED) is 0.787. The van der Waals surface area contributed by atoms with E-state index in [-0.39, 0.29) is 22.3 Å². The molecule has 2 aromatic carbocycles. The number of nitrogens with zero attached hydrogens (tertiary/aromatic N) is 1. The van der Waals surface area contributed by atoms with Gasteiger partial charge in [-0.25, -0.2) is 4.79 Å². The van der Waals surface area contributed by atoms with E-state index in [1.165, 1.54) is 24.3 Å². The first-order chi connectivity index (χ1) is 10.4. The summed E-state index contributed by atoms with van der Waals surface area (Å²) in [5.41, 5.74) is -1.06. The van der Waals surface area contributed by atoms with Crippen molar-refractivity contribution in [1.82, 2.24) is 0 Å². The fourth-order valence-electron chi connectivity index (χ4n) is 2.07. The molecule has 112 valence electrons. The zero-order chi connectivity index (χ0) is 16.3. The second kappa shape index (κ2) is 5.90. The van der Waals surface area contributed by atoms with Gasteiger partial charge in [0, 0.05) is 5.56 Å². The predicted molar refractivity (Wildman–Crippen MR) is 72.9 cm³/mol. The van der Waals surface area contributed by atoms with Crippen molar-refractivity contribution < 1.29 is 22.7 Å². The van der Waals surface area contributed by atoms with E-state index in [0.717, 1.165) is 13.2 Å². The number of carbonyl (C=O) groups is 1. The second-order valence-corrected chi connectivity index (χ2v) is 4.41. The summed E-state index contributed by atoms with van der Waals surface area (Å²) in [5.74, 6) is -0.856. The van der Waals surface area contributed by atoms with Gasteiger partial charge < -0.3 is 4.74 Å². The molecule has 3 nitrogen and oxygen atoms in total. The Bertz CT molecular complexity index is 761. The minimum absolute atomic E-state index is 0.124. The van der Waals surface area contributed by atoms with Crippen LogP contribution in [0.1, 0.15) is 21.5 Å². The van der Waals surface area contributed by atoms with E-state index in [0.29, 0.717) is 0 Å². The number of benzene rings is 2. The average Bonchev–Trinajstić information content (AvgIpc) is 2.52. The molecular formula is C16H10F3NO2. The molecule has 0 bridgehead atoms. The van der Waals surface area contributed by atoms with Crippen molar-refractivity contribution in [2.24, 2.45) is 0 Å². The van der Waals surface area contributed by atoms with Gasteiger partial charge >= 0.3 is 12.1 Å². The molecule has 0 aromatic heterocycles. The summed E-state index contributed by atoms with van der Waals surface area (Å²) in [5, 5.41) is 9.05. The summed E-state index contributed by atoms with van der Waals surface area (Å²) in [7, 11) is 1.09. The molecular weight excluding hydrogens is 295 g/mol. The van der Waals surface area contributed by atoms with Crippen LogP contribution in [0.25, 0.3) is 11.1 Å². The predicted octanol–water partition coefficient (Wildman–Crippen LogP) is 4.03. The number of carbonyl (C=O) groups excluding carboxylic acids is 1. The van der Waals surface area contributed by atoms with Gasteiger partial charge in [-0.3, -0.25) is 0 Å². The van der Waals surface area contributed by atoms with Crippen molar-refractivity contribution >= 4 is 5.97 Å². The first-order valence-electron chi connectivity index (χ1n) is 6.17. The number of alkyl halides is 3. The van der Waals surface area contributed by atoms with E-state index in [9.17, 15) is 18.0 Å². The van der Waals surface area contributed by atoms with Crippen LogP contribution < -0.4 is 0 Å². The molecule has 0 N–H and O–H groups in total. The maximum absolute atomic E-state index is 13.3. The Morgan fingerprint density at radius 2 is 1.82 bits per heavy atom. The van der Waals surface area contributed by atoms with Crippen molar-refractivity contribution in [3.8, 4) is 17.2 Å². The minimum atomic E-state index is -4.66. The topological polar surface area (TPSA) is 50.1 Å². The van der Waals surface area contributed by atoms with Crippen molar-refractivity contribution in [3.63, 3.8) is 0 Å². The van der Waals surface area contributed by atoms with Gasteiger partial charge in [0.25, 0.3) is 0 Å². The molecule has 0 saturated carbocycles. The Labute approximate surface area is 124 Å². The molecule has 0 aliphatic rings. The Hall–Kier alpha value is -2.81. The van der Waals surface area contributed by atoms with Crippen LogP contribution in [0.4, 0.5) is 13.2 Å². The normalized spacial score (nSPS) is 10.9. The van der Waals surface area contributed by atoms with Crippen LogP contribution in [0.2, 0.25) is 0 Å². The number of hydrogen-bond acceptors (Lipinski definition) is 3. The summed E-state index contributed by atoms with van der Waals surface area (Å²) in [6.07, 6.45) is -4.66. The summed E-state index contributed by atoms with van der Waals surface area (Å²) in [6.45, 7) is 0. The van der Waals surface area contributed by atoms with Crippen LogP contribution in [0.3, 0.4) is 0 Å². The van der Waals surface area contributed by atoms with E-state index < -0.39 is 17.7 Å². The van der Waals surface area contributed by atoms with Crippen LogP contribution in [0, 0.1) is 11.3 Å². The largest absolute Gasteiger partial charge is 0.465 e. The van der Waals surface area contributed by atoms with Gasteiger partial charge in [0.1, 0.15) is 0 Å². The van der Waals surface area contributed by atoms with Crippen molar-refractivity contribution in [1.29, 1.82) is 5.26 Å². The number of nitriles is 1. The highest BCUT2D eigenvalue weighted by Crippen LogP contribution is 2.38. The third-order valence-electron chi connectivity index (χ3n) is 3.08. The lowest BCUT2D eigenvalue weighted by Gasteiger charge is -2.15. The van der Waals surface area contributed by atoms with Crippen LogP contribution in [0.5, 0.6) is 0 Å². The van der Waals surface area contributed by atoms with Crippen LogP contribution in [-0.4, -0.2) is 13.1 Å². The van der Waals surface area contributed by atoms with Crippen LogP contribution in [-0.2, 0) is 10.9 Å². The van der Waals surface area contributed by atoms with Gasteiger partial charge in [0.2, 0.25) is 0 Å². The van der Waals surface area contributed by atoms with Crippen molar-refractivity contribution in [2.45, 2.75) is 6.18 Å². The fourth-order valence-corrected chi connectivity index (χ4v) is 2.07. The molecule has 0 amide bonds. The van der Waals surface area contributed by atoms with E-state index in [4.69, 9.17) is 5.26 Å². The molecule has 0 heterocycles. The fraction of sp³-hybridized carbons (Fsp3) is 0.125. The van der Waals surface area contributed by atoms with E-state index in [1.54, 1.807) is 12.1 Å². The van der Waals surface area contributed by atoms with E-state index in [1.807, 2.05) is 6.07 Å². The molecule has 2 aromatic rings. The summed E-state index contributed by atoms with van der Waals surface area (Å²) in [6, 6.07) is 11.0. The van der Waals surface area contributed by atoms with Gasteiger partial charge in [-0.05, 0) is 23.8 Å². The number of halogens is 3. The van der Waals surface area contributed by atoms with Crippen LogP contribution >= 0.6 is 0 Å². The zero-order valence-electron chi connectivity index (χ0n) is 11.4. The molecule has 0 fully saturated rings. The summed E-state index contributed by atoms with van der Waals surface area (Å²) >= 11 is 0. The summed E-state index contributed by atoms with van der Waals surface area (Å²) in [4.78, 5) is 11.4. The third-order valence-corrected chi connectivity index (χ3v) is 3.08. The van der Waals surface area contributed by atoms with Crippen LogP contribution in [0.15, 0.2) is 42.5 Å². The van der Waals surface area contributed by atoms with Gasteiger partial charge in [0.15, 0.2) is 0 Å². The van der Waals surface area contributed by atoms with E-state index in [2.05, 4.69) is 4.74 Å². The maximum Gasteiger partial charge on any atom is 0.417 e. The van der Waals surface area contributed by atoms with Gasteiger partial charge in [-0.2, -0.15) is 18.4 Å². The number of ether oxygens (including phenoxy) is 1. The minimum Gasteiger partial charge on any atom is -0.465 e. The molecule has 0 radical (unpaired) electrons. The van der Waals surface area contributed by atoms with Gasteiger partial charge in [-0.1, -0.05) is 24.3 Å². The highest BCUT2D eigenvalue weighted by Gasteiger charge is 2.35. The molecule has 0 saturated heterocycles. The van der Waals surface area contributed by atoms with Crippen molar-refractivity contribution in [3.05, 3.63) is 59.2 Å². The molecule has 0 atom stereocenters. The highest BCUT2D eigenvalue weighted by atomic mass is 19.4. The number of esters is 1. The Kier molecular flexibility index (Phi) is 4.18. The lowest BCUT2D eigenvalue weighted by molar-refractivity contribution is -0.137. The SMILES string of the molecule is COC(=O)c1ccc(-c2ccccc2C#N)c(C(F)(F)F)c1. The monoisotopic (exact) mass is 305 g/mol. The van der Waals surface area contributed by atoms with E-state index >= 15 is 0 Å². The number of hydrogen-bond donors (Lipinski definition) is 0. The lowest BCUT2D eigenvalue weighted by Crippen LogP contribution is -2.11. The van der Waals surface area contributed by atoms with Crippen molar-refractivity contribution in [2.75, 3.05) is 7.11 Å². The number of methoxy groups -OCH3 is 1. The third kappa shape index (κ3) is 2.93. The van der Waals surface area contributed by atoms with Gasteiger partial charge in [0.05, 0.1) is 29.9 Å². The molecule has 0 unspecified atom stereocenters. The Morgan fingerprint density at radius 3 is 2.41 bits per heavy atom. The lowest BCUT2D eigenvalue weighted by atomic mass is 9.94. The smallest absolute Gasteiger partial charge is 0.417 e. The number of rotatable bonds is 2. The first kappa shape index (κ1) is 15.6. The highest BCUT2D eigenvalue weighted by molar-refractivity contribution is 5.91. The molecule has 0 aliphatic carbocycles. The molecule has 6 heteroatoms. The Balaban J connectivity index is 2.71. The maximum atomic E-state index is 13.3. The average molecular weight is 305 g/mol. The van der Waals surface area contributed by atoms with Gasteiger partial charge in [-0.15, -0.1) is 0 Å².